The molecule has 4 nitrogen and oxygen atoms in total. The molecule has 0 amide bonds. The zero-order valence-corrected chi connectivity index (χ0v) is 14.5. The lowest BCUT2D eigenvalue weighted by Crippen LogP contribution is -2.21. The van der Waals surface area contributed by atoms with Gasteiger partial charge in [-0.2, -0.15) is 0 Å². The molecule has 4 heteroatoms. The number of ether oxygens (including phenoxy) is 2. The third-order valence-corrected chi connectivity index (χ3v) is 3.98. The Morgan fingerprint density at radius 3 is 2.20 bits per heavy atom. The third kappa shape index (κ3) is 3.58. The summed E-state index contributed by atoms with van der Waals surface area (Å²) in [5.41, 5.74) is 0.845. The molecule has 3 rings (SSSR count). The molecule has 2 aromatic carbocycles. The van der Waals surface area contributed by atoms with Crippen molar-refractivity contribution in [1.82, 2.24) is 4.57 Å². The van der Waals surface area contributed by atoms with E-state index < -0.39 is 6.29 Å². The number of hydrogen-bond donors (Lipinski definition) is 0. The van der Waals surface area contributed by atoms with Gasteiger partial charge < -0.3 is 9.47 Å². The first kappa shape index (κ1) is 17.2. The van der Waals surface area contributed by atoms with Crippen molar-refractivity contribution in [3.63, 3.8) is 0 Å². The highest BCUT2D eigenvalue weighted by atomic mass is 16.7. The lowest BCUT2D eigenvalue weighted by atomic mass is 10.1. The molecule has 0 saturated heterocycles. The van der Waals surface area contributed by atoms with Crippen molar-refractivity contribution in [2.45, 2.75) is 26.7 Å². The van der Waals surface area contributed by atoms with Gasteiger partial charge in [-0.15, -0.1) is 0 Å². The van der Waals surface area contributed by atoms with Crippen molar-refractivity contribution in [3.05, 3.63) is 58.9 Å². The van der Waals surface area contributed by atoms with Gasteiger partial charge in [0.1, 0.15) is 0 Å². The molecule has 0 bridgehead atoms. The van der Waals surface area contributed by atoms with Crippen molar-refractivity contribution in [3.8, 4) is 11.8 Å². The van der Waals surface area contributed by atoms with Crippen molar-refractivity contribution in [1.29, 1.82) is 0 Å². The molecule has 0 unspecified atom stereocenters. The van der Waals surface area contributed by atoms with E-state index in [4.69, 9.17) is 9.47 Å². The van der Waals surface area contributed by atoms with Gasteiger partial charge in [-0.1, -0.05) is 42.3 Å². The van der Waals surface area contributed by atoms with Crippen molar-refractivity contribution >= 4 is 21.7 Å². The van der Waals surface area contributed by atoms with E-state index in [2.05, 4.69) is 11.8 Å². The Hall–Kier alpha value is -2.61. The van der Waals surface area contributed by atoms with Crippen molar-refractivity contribution < 1.29 is 9.47 Å². The maximum absolute atomic E-state index is 12.9. The van der Waals surface area contributed by atoms with E-state index in [1.54, 1.807) is 4.57 Å². The average molecular weight is 335 g/mol. The zero-order valence-electron chi connectivity index (χ0n) is 14.5. The van der Waals surface area contributed by atoms with Gasteiger partial charge in [0.25, 0.3) is 5.56 Å². The fourth-order valence-electron chi connectivity index (χ4n) is 2.90. The molecular weight excluding hydrogens is 314 g/mol. The predicted octanol–water partition coefficient (Wildman–Crippen LogP) is 3.56. The Kier molecular flexibility index (Phi) is 5.49. The molecule has 1 heterocycles. The summed E-state index contributed by atoms with van der Waals surface area (Å²) in [5.74, 6) is 5.99. The van der Waals surface area contributed by atoms with Gasteiger partial charge in [-0.3, -0.25) is 9.36 Å². The van der Waals surface area contributed by atoms with Gasteiger partial charge in [0.05, 0.1) is 12.1 Å². The number of fused-ring (bicyclic) bond motifs is 3. The monoisotopic (exact) mass is 335 g/mol. The van der Waals surface area contributed by atoms with E-state index in [-0.39, 0.29) is 5.56 Å². The van der Waals surface area contributed by atoms with Gasteiger partial charge in [0.15, 0.2) is 0 Å². The van der Waals surface area contributed by atoms with Crippen LogP contribution in [0.15, 0.2) is 53.3 Å². The van der Waals surface area contributed by atoms with Gasteiger partial charge in [-0.05, 0) is 37.3 Å². The van der Waals surface area contributed by atoms with Crippen LogP contribution in [-0.4, -0.2) is 24.1 Å². The summed E-state index contributed by atoms with van der Waals surface area (Å²) in [4.78, 5) is 12.9. The first-order chi connectivity index (χ1) is 12.3. The van der Waals surface area contributed by atoms with Crippen LogP contribution >= 0.6 is 0 Å². The average Bonchev–Trinajstić information content (AvgIpc) is 2.65. The van der Waals surface area contributed by atoms with Crippen LogP contribution in [0.25, 0.3) is 21.7 Å². The van der Waals surface area contributed by atoms with E-state index in [0.717, 1.165) is 16.3 Å². The van der Waals surface area contributed by atoms with Crippen LogP contribution in [0.2, 0.25) is 0 Å². The molecule has 0 saturated carbocycles. The second kappa shape index (κ2) is 7.98. The summed E-state index contributed by atoms with van der Waals surface area (Å²) in [5, 5.41) is 2.72. The quantitative estimate of drug-likeness (QED) is 0.407. The number of hydrogen-bond acceptors (Lipinski definition) is 3. The number of para-hydroxylation sites is 1. The summed E-state index contributed by atoms with van der Waals surface area (Å²) in [6, 6.07) is 15.6. The first-order valence-electron chi connectivity index (χ1n) is 8.48. The van der Waals surface area contributed by atoms with Crippen LogP contribution in [0.3, 0.4) is 0 Å². The Morgan fingerprint density at radius 1 is 0.920 bits per heavy atom. The Balaban J connectivity index is 2.07. The highest BCUT2D eigenvalue weighted by molar-refractivity contribution is 6.05. The van der Waals surface area contributed by atoms with E-state index in [1.807, 2.05) is 62.4 Å². The lowest BCUT2D eigenvalue weighted by Gasteiger charge is -2.11. The van der Waals surface area contributed by atoms with Gasteiger partial charge in [-0.25, -0.2) is 0 Å². The normalized spacial score (nSPS) is 11.0. The van der Waals surface area contributed by atoms with Crippen molar-refractivity contribution in [2.24, 2.45) is 0 Å². The zero-order chi connectivity index (χ0) is 17.6. The van der Waals surface area contributed by atoms with Crippen LogP contribution in [0.5, 0.6) is 0 Å². The second-order valence-corrected chi connectivity index (χ2v) is 5.52. The van der Waals surface area contributed by atoms with Crippen molar-refractivity contribution in [2.75, 3.05) is 13.2 Å². The largest absolute Gasteiger partial charge is 0.342 e. The van der Waals surface area contributed by atoms with Crippen LogP contribution < -0.4 is 5.56 Å². The SMILES string of the molecule is CCOC(C#CCn1c(=O)c2ccccc2c2ccccc21)OCC. The maximum atomic E-state index is 12.9. The van der Waals surface area contributed by atoms with E-state index in [0.29, 0.717) is 25.1 Å². The molecule has 0 spiro atoms. The number of rotatable bonds is 5. The highest BCUT2D eigenvalue weighted by Gasteiger charge is 2.09. The molecule has 0 aliphatic rings. The topological polar surface area (TPSA) is 40.5 Å². The summed E-state index contributed by atoms with van der Waals surface area (Å²) in [6.07, 6.45) is -0.558. The molecule has 0 aliphatic heterocycles. The van der Waals surface area contributed by atoms with Crippen LogP contribution in [0, 0.1) is 11.8 Å². The standard InChI is InChI=1S/C21H21NO3/c1-3-24-20(25-4-2)14-9-15-22-19-13-8-7-11-17(19)16-10-5-6-12-18(16)21(22)23/h5-8,10-13,20H,3-4,15H2,1-2H3. The Labute approximate surface area is 147 Å². The molecule has 1 aromatic heterocycles. The van der Waals surface area contributed by atoms with E-state index in [1.165, 1.54) is 0 Å². The van der Waals surface area contributed by atoms with Gasteiger partial charge in [0, 0.05) is 24.0 Å². The number of benzene rings is 2. The van der Waals surface area contributed by atoms with Crippen LogP contribution in [-0.2, 0) is 16.0 Å². The molecule has 25 heavy (non-hydrogen) atoms. The smallest absolute Gasteiger partial charge is 0.259 e. The molecule has 3 aromatic rings. The predicted molar refractivity (Wildman–Crippen MR) is 101 cm³/mol. The summed E-state index contributed by atoms with van der Waals surface area (Å²) < 4.78 is 12.6. The maximum Gasteiger partial charge on any atom is 0.259 e. The van der Waals surface area contributed by atoms with E-state index >= 15 is 0 Å². The minimum absolute atomic E-state index is 0.0343. The fraction of sp³-hybridized carbons (Fsp3) is 0.286. The number of aromatic nitrogens is 1. The Morgan fingerprint density at radius 2 is 1.52 bits per heavy atom. The first-order valence-corrected chi connectivity index (χ1v) is 8.48. The molecule has 0 aliphatic carbocycles. The minimum atomic E-state index is -0.558. The number of pyridine rings is 1. The summed E-state index contributed by atoms with van der Waals surface area (Å²) >= 11 is 0. The second-order valence-electron chi connectivity index (χ2n) is 5.52. The van der Waals surface area contributed by atoms with E-state index in [9.17, 15) is 4.79 Å². The Bertz CT molecular complexity index is 989. The molecule has 0 radical (unpaired) electrons. The fourth-order valence-corrected chi connectivity index (χ4v) is 2.90. The summed E-state index contributed by atoms with van der Waals surface area (Å²) in [6.45, 7) is 5.14. The molecular formula is C21H21NO3. The minimum Gasteiger partial charge on any atom is -0.342 e. The number of nitrogens with zero attached hydrogens (tertiary/aromatic N) is 1. The van der Waals surface area contributed by atoms with Gasteiger partial charge in [0.2, 0.25) is 6.29 Å². The molecule has 0 fully saturated rings. The molecule has 128 valence electrons. The van der Waals surface area contributed by atoms with Crippen LogP contribution in [0.4, 0.5) is 0 Å². The third-order valence-electron chi connectivity index (χ3n) is 3.98. The van der Waals surface area contributed by atoms with Gasteiger partial charge >= 0.3 is 0 Å². The molecule has 0 N–H and O–H groups in total. The van der Waals surface area contributed by atoms with Crippen LogP contribution in [0.1, 0.15) is 13.8 Å². The molecule has 0 atom stereocenters. The lowest BCUT2D eigenvalue weighted by molar-refractivity contribution is -0.0970. The highest BCUT2D eigenvalue weighted by Crippen LogP contribution is 2.22. The summed E-state index contributed by atoms with van der Waals surface area (Å²) in [7, 11) is 0.